The zero-order chi connectivity index (χ0) is 15.5. The number of fused-ring (bicyclic) bond motifs is 1. The van der Waals surface area contributed by atoms with Crippen molar-refractivity contribution in [3.05, 3.63) is 45.6 Å². The highest BCUT2D eigenvalue weighted by Gasteiger charge is 2.23. The fourth-order valence-electron chi connectivity index (χ4n) is 2.87. The van der Waals surface area contributed by atoms with Crippen molar-refractivity contribution >= 4 is 22.9 Å². The molecule has 1 aromatic carbocycles. The normalized spacial score (nSPS) is 16.9. The predicted octanol–water partition coefficient (Wildman–Crippen LogP) is 4.52. The van der Waals surface area contributed by atoms with Crippen LogP contribution in [0, 0.1) is 5.92 Å². The van der Waals surface area contributed by atoms with Crippen LogP contribution in [0.5, 0.6) is 5.75 Å². The van der Waals surface area contributed by atoms with Crippen molar-refractivity contribution in [3.8, 4) is 5.75 Å². The summed E-state index contributed by atoms with van der Waals surface area (Å²) in [6.45, 7) is 4.88. The van der Waals surface area contributed by atoms with E-state index in [1.54, 1.807) is 11.3 Å². The van der Waals surface area contributed by atoms with Gasteiger partial charge in [-0.05, 0) is 61.9 Å². The molecule has 0 fully saturated rings. The van der Waals surface area contributed by atoms with Crippen molar-refractivity contribution in [2.24, 2.45) is 5.92 Å². The Bertz CT molecular complexity index is 660. The summed E-state index contributed by atoms with van der Waals surface area (Å²) in [7, 11) is 0. The molecule has 4 heteroatoms. The summed E-state index contributed by atoms with van der Waals surface area (Å²) in [5.74, 6) is 1.55. The van der Waals surface area contributed by atoms with Crippen LogP contribution >= 0.6 is 11.3 Å². The molecule has 0 saturated carbocycles. The Hall–Kier alpha value is -1.81. The van der Waals surface area contributed by atoms with E-state index in [4.69, 9.17) is 4.74 Å². The molecule has 1 amide bonds. The van der Waals surface area contributed by atoms with Gasteiger partial charge in [0.25, 0.3) is 5.91 Å². The number of amides is 1. The first kappa shape index (κ1) is 15.1. The van der Waals surface area contributed by atoms with Gasteiger partial charge in [-0.15, -0.1) is 11.3 Å². The van der Waals surface area contributed by atoms with Crippen molar-refractivity contribution in [1.82, 2.24) is 0 Å². The predicted molar refractivity (Wildman–Crippen MR) is 91.1 cm³/mol. The maximum Gasteiger partial charge on any atom is 0.256 e. The van der Waals surface area contributed by atoms with Crippen molar-refractivity contribution in [2.45, 2.75) is 33.1 Å². The standard InChI is InChI=1S/C18H21NO2S/c1-3-21-14-7-5-13(6-8-14)19-18(20)16-11-22-17-10-12(2)4-9-15(16)17/h5-8,11-12H,3-4,9-10H2,1-2H3,(H,19,20)/t12-/m0/s1. The summed E-state index contributed by atoms with van der Waals surface area (Å²) in [6, 6.07) is 7.52. The average molecular weight is 315 g/mol. The van der Waals surface area contributed by atoms with Crippen LogP contribution in [0.25, 0.3) is 0 Å². The minimum atomic E-state index is -0.00351. The lowest BCUT2D eigenvalue weighted by molar-refractivity contribution is 0.102. The van der Waals surface area contributed by atoms with E-state index < -0.39 is 0 Å². The van der Waals surface area contributed by atoms with Gasteiger partial charge in [0, 0.05) is 15.9 Å². The Labute approximate surface area is 135 Å². The lowest BCUT2D eigenvalue weighted by Crippen LogP contribution is -2.16. The van der Waals surface area contributed by atoms with E-state index in [1.165, 1.54) is 16.9 Å². The monoisotopic (exact) mass is 315 g/mol. The zero-order valence-electron chi connectivity index (χ0n) is 13.0. The summed E-state index contributed by atoms with van der Waals surface area (Å²) in [4.78, 5) is 13.9. The number of rotatable bonds is 4. The van der Waals surface area contributed by atoms with Gasteiger partial charge in [0.15, 0.2) is 0 Å². The molecule has 0 bridgehead atoms. The summed E-state index contributed by atoms with van der Waals surface area (Å²) in [5.41, 5.74) is 2.91. The number of carbonyl (C=O) groups excluding carboxylic acids is 1. The highest BCUT2D eigenvalue weighted by Crippen LogP contribution is 2.33. The van der Waals surface area contributed by atoms with Gasteiger partial charge in [-0.1, -0.05) is 6.92 Å². The molecule has 0 spiro atoms. The van der Waals surface area contributed by atoms with Gasteiger partial charge < -0.3 is 10.1 Å². The quantitative estimate of drug-likeness (QED) is 0.900. The number of hydrogen-bond donors (Lipinski definition) is 1. The molecule has 2 aromatic rings. The second-order valence-electron chi connectivity index (χ2n) is 5.81. The number of thiophene rings is 1. The Balaban J connectivity index is 1.72. The van der Waals surface area contributed by atoms with Crippen LogP contribution in [-0.2, 0) is 12.8 Å². The Kier molecular flexibility index (Phi) is 4.48. The van der Waals surface area contributed by atoms with Gasteiger partial charge in [0.05, 0.1) is 12.2 Å². The Morgan fingerprint density at radius 2 is 2.14 bits per heavy atom. The first-order valence-corrected chi connectivity index (χ1v) is 8.68. The second kappa shape index (κ2) is 6.53. The average Bonchev–Trinajstić information content (AvgIpc) is 2.92. The van der Waals surface area contributed by atoms with Gasteiger partial charge in [0.2, 0.25) is 0 Å². The number of anilines is 1. The molecular formula is C18H21NO2S. The largest absolute Gasteiger partial charge is 0.494 e. The second-order valence-corrected chi connectivity index (χ2v) is 6.77. The molecule has 1 N–H and O–H groups in total. The van der Waals surface area contributed by atoms with Crippen LogP contribution in [0.2, 0.25) is 0 Å². The topological polar surface area (TPSA) is 38.3 Å². The van der Waals surface area contributed by atoms with Gasteiger partial charge in [-0.25, -0.2) is 0 Å². The van der Waals surface area contributed by atoms with E-state index in [2.05, 4.69) is 12.2 Å². The molecule has 0 aliphatic heterocycles. The molecule has 22 heavy (non-hydrogen) atoms. The van der Waals surface area contributed by atoms with E-state index in [9.17, 15) is 4.79 Å². The summed E-state index contributed by atoms with van der Waals surface area (Å²) >= 11 is 1.72. The van der Waals surface area contributed by atoms with E-state index in [-0.39, 0.29) is 5.91 Å². The van der Waals surface area contributed by atoms with Crippen molar-refractivity contribution < 1.29 is 9.53 Å². The van der Waals surface area contributed by atoms with E-state index >= 15 is 0 Å². The van der Waals surface area contributed by atoms with Crippen LogP contribution in [0.1, 0.15) is 41.1 Å². The maximum absolute atomic E-state index is 12.5. The third-order valence-corrected chi connectivity index (χ3v) is 5.12. The molecule has 116 valence electrons. The molecule has 1 aliphatic rings. The first-order valence-electron chi connectivity index (χ1n) is 7.80. The van der Waals surface area contributed by atoms with Gasteiger partial charge >= 0.3 is 0 Å². The number of benzene rings is 1. The highest BCUT2D eigenvalue weighted by molar-refractivity contribution is 7.10. The molecule has 1 aromatic heterocycles. The molecule has 3 nitrogen and oxygen atoms in total. The third kappa shape index (κ3) is 3.17. The van der Waals surface area contributed by atoms with E-state index in [0.717, 1.165) is 35.8 Å². The molecule has 0 saturated heterocycles. The molecule has 0 radical (unpaired) electrons. The Morgan fingerprint density at radius 3 is 2.86 bits per heavy atom. The summed E-state index contributed by atoms with van der Waals surface area (Å²) < 4.78 is 5.41. The van der Waals surface area contributed by atoms with Crippen LogP contribution < -0.4 is 10.1 Å². The van der Waals surface area contributed by atoms with E-state index in [1.807, 2.05) is 36.6 Å². The number of nitrogens with one attached hydrogen (secondary N) is 1. The molecule has 1 atom stereocenters. The Morgan fingerprint density at radius 1 is 1.36 bits per heavy atom. The van der Waals surface area contributed by atoms with Crippen molar-refractivity contribution in [3.63, 3.8) is 0 Å². The van der Waals surface area contributed by atoms with Crippen LogP contribution in [-0.4, -0.2) is 12.5 Å². The van der Waals surface area contributed by atoms with Gasteiger partial charge in [-0.3, -0.25) is 4.79 Å². The van der Waals surface area contributed by atoms with Gasteiger partial charge in [0.1, 0.15) is 5.75 Å². The molecule has 1 aliphatic carbocycles. The number of carbonyl (C=O) groups is 1. The summed E-state index contributed by atoms with van der Waals surface area (Å²) in [6.07, 6.45) is 3.30. The summed E-state index contributed by atoms with van der Waals surface area (Å²) in [5, 5.41) is 4.99. The highest BCUT2D eigenvalue weighted by atomic mass is 32.1. The minimum Gasteiger partial charge on any atom is -0.494 e. The zero-order valence-corrected chi connectivity index (χ0v) is 13.8. The lowest BCUT2D eigenvalue weighted by Gasteiger charge is -2.18. The molecule has 0 unspecified atom stereocenters. The van der Waals surface area contributed by atoms with E-state index in [0.29, 0.717) is 6.61 Å². The number of ether oxygens (including phenoxy) is 1. The van der Waals surface area contributed by atoms with Crippen LogP contribution in [0.3, 0.4) is 0 Å². The van der Waals surface area contributed by atoms with Crippen LogP contribution in [0.4, 0.5) is 5.69 Å². The first-order chi connectivity index (χ1) is 10.7. The SMILES string of the molecule is CCOc1ccc(NC(=O)c2csc3c2CC[C@H](C)C3)cc1. The lowest BCUT2D eigenvalue weighted by atomic mass is 9.88. The molecule has 3 rings (SSSR count). The maximum atomic E-state index is 12.5. The minimum absolute atomic E-state index is 0.00351. The molecular weight excluding hydrogens is 294 g/mol. The fraction of sp³-hybridized carbons (Fsp3) is 0.389. The third-order valence-electron chi connectivity index (χ3n) is 4.07. The van der Waals surface area contributed by atoms with Gasteiger partial charge in [-0.2, -0.15) is 0 Å². The smallest absolute Gasteiger partial charge is 0.256 e. The van der Waals surface area contributed by atoms with Crippen molar-refractivity contribution in [1.29, 1.82) is 0 Å². The van der Waals surface area contributed by atoms with Crippen LogP contribution in [0.15, 0.2) is 29.6 Å². The van der Waals surface area contributed by atoms with Crippen molar-refractivity contribution in [2.75, 3.05) is 11.9 Å². The fourth-order valence-corrected chi connectivity index (χ4v) is 4.11. The number of hydrogen-bond acceptors (Lipinski definition) is 3. The molecule has 1 heterocycles.